The summed E-state index contributed by atoms with van der Waals surface area (Å²) < 4.78 is 35.4. The van der Waals surface area contributed by atoms with Crippen LogP contribution in [0.1, 0.15) is 106 Å². The van der Waals surface area contributed by atoms with Crippen molar-refractivity contribution in [1.29, 1.82) is 0 Å². The molecule has 3 aromatic rings. The van der Waals surface area contributed by atoms with Crippen LogP contribution >= 0.6 is 0 Å². The van der Waals surface area contributed by atoms with Gasteiger partial charge >= 0.3 is 0 Å². The van der Waals surface area contributed by atoms with Gasteiger partial charge in [-0.25, -0.2) is 23.3 Å². The number of pyridine rings is 1. The highest BCUT2D eigenvalue weighted by molar-refractivity contribution is 5.94. The molecule has 9 nitrogen and oxygen atoms in total. The van der Waals surface area contributed by atoms with E-state index in [1.165, 1.54) is 6.20 Å². The van der Waals surface area contributed by atoms with Crippen LogP contribution < -0.4 is 15.4 Å². The molecule has 0 aromatic carbocycles. The maximum absolute atomic E-state index is 14.0. The third kappa shape index (κ3) is 7.18. The molecule has 0 aliphatic heterocycles. The Morgan fingerprint density at radius 1 is 1.10 bits per heavy atom. The lowest BCUT2D eigenvalue weighted by Crippen LogP contribution is -2.37. The zero-order valence-corrected chi connectivity index (χ0v) is 23.8. The smallest absolute Gasteiger partial charge is 0.252 e. The Morgan fingerprint density at radius 3 is 2.51 bits per heavy atom. The van der Waals surface area contributed by atoms with E-state index >= 15 is 0 Å². The number of nitrogens with one attached hydrogen (secondary N) is 2. The molecular formula is C30H38F2N6O3. The van der Waals surface area contributed by atoms with E-state index in [0.717, 1.165) is 24.8 Å². The molecule has 2 amide bonds. The van der Waals surface area contributed by atoms with Crippen molar-refractivity contribution in [2.45, 2.75) is 96.2 Å². The third-order valence-electron chi connectivity index (χ3n) is 7.80. The van der Waals surface area contributed by atoms with Gasteiger partial charge in [-0.05, 0) is 75.5 Å². The molecule has 0 unspecified atom stereocenters. The van der Waals surface area contributed by atoms with Gasteiger partial charge in [0.2, 0.25) is 17.7 Å². The first-order valence-electron chi connectivity index (χ1n) is 14.6. The molecule has 2 fully saturated rings. The quantitative estimate of drug-likeness (QED) is 0.313. The fourth-order valence-corrected chi connectivity index (χ4v) is 5.52. The second-order valence-electron chi connectivity index (χ2n) is 11.6. The predicted molar refractivity (Wildman–Crippen MR) is 149 cm³/mol. The number of fused-ring (bicyclic) bond motifs is 1. The van der Waals surface area contributed by atoms with Gasteiger partial charge in [0, 0.05) is 37.1 Å². The SMILES string of the molecule is CCCC(=O)N[C@@H](c1cnn2cc([C@@H](NC(=O)c3ccnc(OC(C)C)c3)C3CCC(F)(F)CC3)nc2c1)C1CC1. The van der Waals surface area contributed by atoms with Gasteiger partial charge in [0.15, 0.2) is 5.65 Å². The van der Waals surface area contributed by atoms with Crippen molar-refractivity contribution in [1.82, 2.24) is 30.2 Å². The van der Waals surface area contributed by atoms with Crippen LogP contribution in [0.2, 0.25) is 0 Å². The molecule has 2 saturated carbocycles. The number of nitrogens with zero attached hydrogens (tertiary/aromatic N) is 4. The Bertz CT molecular complexity index is 1380. The Morgan fingerprint density at radius 2 is 1.83 bits per heavy atom. The van der Waals surface area contributed by atoms with Gasteiger partial charge < -0.3 is 15.4 Å². The monoisotopic (exact) mass is 568 g/mol. The first-order valence-corrected chi connectivity index (χ1v) is 14.6. The summed E-state index contributed by atoms with van der Waals surface area (Å²) in [4.78, 5) is 34.8. The molecule has 3 aromatic heterocycles. The maximum atomic E-state index is 14.0. The van der Waals surface area contributed by atoms with E-state index in [1.54, 1.807) is 29.0 Å². The number of rotatable bonds is 11. The van der Waals surface area contributed by atoms with Gasteiger partial charge in [-0.1, -0.05) is 6.92 Å². The Balaban J connectivity index is 1.42. The third-order valence-corrected chi connectivity index (χ3v) is 7.80. The molecule has 0 saturated heterocycles. The summed E-state index contributed by atoms with van der Waals surface area (Å²) in [7, 11) is 0. The van der Waals surface area contributed by atoms with Gasteiger partial charge in [-0.15, -0.1) is 0 Å². The minimum absolute atomic E-state index is 0.0169. The lowest BCUT2D eigenvalue weighted by atomic mass is 9.81. The summed E-state index contributed by atoms with van der Waals surface area (Å²) in [6.07, 6.45) is 8.28. The molecule has 0 spiro atoms. The van der Waals surface area contributed by atoms with Crippen LogP contribution in [0.3, 0.4) is 0 Å². The minimum Gasteiger partial charge on any atom is -0.475 e. The Hall–Kier alpha value is -3.63. The van der Waals surface area contributed by atoms with Gasteiger partial charge in [-0.2, -0.15) is 5.10 Å². The summed E-state index contributed by atoms with van der Waals surface area (Å²) in [5.74, 6) is -2.56. The van der Waals surface area contributed by atoms with Gasteiger partial charge in [-0.3, -0.25) is 9.59 Å². The number of ether oxygens (including phenoxy) is 1. The number of aromatic nitrogens is 4. The van der Waals surface area contributed by atoms with E-state index in [1.807, 2.05) is 26.8 Å². The van der Waals surface area contributed by atoms with Gasteiger partial charge in [0.25, 0.3) is 5.91 Å². The minimum atomic E-state index is -2.70. The molecule has 3 heterocycles. The standard InChI is InChI=1S/C30H38F2N6O3/c1-4-5-25(39)36-27(19-6-7-19)22-14-24-35-23(17-38(24)34-16-22)28(20-8-11-30(31,32)12-9-20)37-29(40)21-10-13-33-26(15-21)41-18(2)3/h10,13-20,27-28H,4-9,11-12H2,1-3H3,(H,36,39)(H,37,40)/t27-,28+/m1/s1. The van der Waals surface area contributed by atoms with Gasteiger partial charge in [0.05, 0.1) is 36.3 Å². The fraction of sp³-hybridized carbons (Fsp3) is 0.567. The first kappa shape index (κ1) is 28.9. The first-order chi connectivity index (χ1) is 19.6. The van der Waals surface area contributed by atoms with E-state index in [0.29, 0.717) is 35.1 Å². The lowest BCUT2D eigenvalue weighted by Gasteiger charge is -2.33. The molecule has 2 aliphatic carbocycles. The normalized spacial score (nSPS) is 18.7. The highest BCUT2D eigenvalue weighted by atomic mass is 19.3. The number of imidazole rings is 1. The molecule has 0 bridgehead atoms. The Kier molecular flexibility index (Phi) is 8.51. The number of halogens is 2. The number of amides is 2. The van der Waals surface area contributed by atoms with Crippen LogP contribution in [0, 0.1) is 11.8 Å². The average Bonchev–Trinajstić information content (AvgIpc) is 3.68. The van der Waals surface area contributed by atoms with Crippen molar-refractivity contribution in [3.63, 3.8) is 0 Å². The molecule has 11 heteroatoms. The molecule has 220 valence electrons. The Labute approximate surface area is 238 Å². The zero-order chi connectivity index (χ0) is 29.1. The van der Waals surface area contributed by atoms with E-state index in [2.05, 4.69) is 20.7 Å². The molecule has 5 rings (SSSR count). The van der Waals surface area contributed by atoms with E-state index in [9.17, 15) is 18.4 Å². The average molecular weight is 569 g/mol. The van der Waals surface area contributed by atoms with E-state index in [4.69, 9.17) is 9.72 Å². The van der Waals surface area contributed by atoms with E-state index < -0.39 is 12.0 Å². The van der Waals surface area contributed by atoms with Gasteiger partial charge in [0.1, 0.15) is 0 Å². The zero-order valence-electron chi connectivity index (χ0n) is 23.8. The lowest BCUT2D eigenvalue weighted by molar-refractivity contribution is -0.122. The van der Waals surface area contributed by atoms with Crippen LogP contribution in [-0.4, -0.2) is 43.4 Å². The molecule has 2 atom stereocenters. The maximum Gasteiger partial charge on any atom is 0.252 e. The van der Waals surface area contributed by atoms with Crippen LogP contribution in [0.4, 0.5) is 8.78 Å². The van der Waals surface area contributed by atoms with Crippen LogP contribution in [0.25, 0.3) is 5.65 Å². The van der Waals surface area contributed by atoms with Crippen molar-refractivity contribution >= 4 is 17.5 Å². The second kappa shape index (κ2) is 12.1. The summed E-state index contributed by atoms with van der Waals surface area (Å²) in [6.45, 7) is 5.72. The van der Waals surface area contributed by atoms with Crippen LogP contribution in [0.5, 0.6) is 5.88 Å². The summed E-state index contributed by atoms with van der Waals surface area (Å²) in [5.41, 5.74) is 2.38. The van der Waals surface area contributed by atoms with E-state index in [-0.39, 0.29) is 55.6 Å². The van der Waals surface area contributed by atoms with Crippen molar-refractivity contribution in [2.24, 2.45) is 11.8 Å². The molecule has 2 aliphatic rings. The fourth-order valence-electron chi connectivity index (χ4n) is 5.52. The molecule has 41 heavy (non-hydrogen) atoms. The second-order valence-corrected chi connectivity index (χ2v) is 11.6. The van der Waals surface area contributed by atoms with Crippen molar-refractivity contribution in [3.05, 3.63) is 53.6 Å². The van der Waals surface area contributed by atoms with Crippen molar-refractivity contribution < 1.29 is 23.1 Å². The largest absolute Gasteiger partial charge is 0.475 e. The van der Waals surface area contributed by atoms with Crippen molar-refractivity contribution in [2.75, 3.05) is 0 Å². The van der Waals surface area contributed by atoms with Crippen LogP contribution in [-0.2, 0) is 4.79 Å². The number of carbonyl (C=O) groups is 2. The topological polar surface area (TPSA) is 111 Å². The number of alkyl halides is 2. The highest BCUT2D eigenvalue weighted by Crippen LogP contribution is 2.42. The summed E-state index contributed by atoms with van der Waals surface area (Å²) in [5, 5.41) is 10.8. The van der Waals surface area contributed by atoms with Crippen LogP contribution in [0.15, 0.2) is 36.8 Å². The molecule has 2 N–H and O–H groups in total. The van der Waals surface area contributed by atoms with Crippen molar-refractivity contribution in [3.8, 4) is 5.88 Å². The number of hydrogen-bond donors (Lipinski definition) is 2. The summed E-state index contributed by atoms with van der Waals surface area (Å²) in [6, 6.07) is 4.37. The highest BCUT2D eigenvalue weighted by Gasteiger charge is 2.39. The molecule has 0 radical (unpaired) electrons. The predicted octanol–water partition coefficient (Wildman–Crippen LogP) is 5.58. The summed E-state index contributed by atoms with van der Waals surface area (Å²) >= 11 is 0. The molecular weight excluding hydrogens is 530 g/mol. The number of carbonyl (C=O) groups excluding carboxylic acids is 2. The number of hydrogen-bond acceptors (Lipinski definition) is 6.